The molecule has 3 aromatic rings. The molecule has 2 aromatic heterocycles. The van der Waals surface area contributed by atoms with Gasteiger partial charge in [0.05, 0.1) is 19.8 Å². The SMILES string of the molecule is O=C(CNc1nccs1)N1CCN(c2ccccc2-c2cnc(N3CCOCC3)nc2)CC1. The van der Waals surface area contributed by atoms with Crippen LogP contribution in [0.25, 0.3) is 11.1 Å². The summed E-state index contributed by atoms with van der Waals surface area (Å²) in [7, 11) is 0. The smallest absolute Gasteiger partial charge is 0.242 e. The molecule has 9 nitrogen and oxygen atoms in total. The Morgan fingerprint density at radius 3 is 2.45 bits per heavy atom. The van der Waals surface area contributed by atoms with E-state index in [1.165, 1.54) is 11.3 Å². The molecular formula is C23H27N7O2S. The number of nitrogens with zero attached hydrogens (tertiary/aromatic N) is 6. The Labute approximate surface area is 197 Å². The molecule has 172 valence electrons. The molecular weight excluding hydrogens is 438 g/mol. The van der Waals surface area contributed by atoms with Gasteiger partial charge in [0.2, 0.25) is 11.9 Å². The van der Waals surface area contributed by atoms with Crippen molar-refractivity contribution in [2.75, 3.05) is 74.1 Å². The van der Waals surface area contributed by atoms with Crippen molar-refractivity contribution < 1.29 is 9.53 Å². The zero-order valence-corrected chi connectivity index (χ0v) is 19.2. The fraction of sp³-hybridized carbons (Fsp3) is 0.391. The van der Waals surface area contributed by atoms with Crippen molar-refractivity contribution in [3.63, 3.8) is 0 Å². The molecule has 1 amide bonds. The van der Waals surface area contributed by atoms with Gasteiger partial charge < -0.3 is 24.8 Å². The highest BCUT2D eigenvalue weighted by atomic mass is 32.1. The van der Waals surface area contributed by atoms with Crippen molar-refractivity contribution in [3.8, 4) is 11.1 Å². The lowest BCUT2D eigenvalue weighted by molar-refractivity contribution is -0.129. The van der Waals surface area contributed by atoms with Gasteiger partial charge in [0, 0.05) is 80.1 Å². The average molecular weight is 466 g/mol. The van der Waals surface area contributed by atoms with Gasteiger partial charge in [-0.1, -0.05) is 18.2 Å². The number of carbonyl (C=O) groups excluding carboxylic acids is 1. The van der Waals surface area contributed by atoms with Gasteiger partial charge in [-0.2, -0.15) is 0 Å². The predicted molar refractivity (Wildman–Crippen MR) is 130 cm³/mol. The van der Waals surface area contributed by atoms with Crippen LogP contribution in [0.1, 0.15) is 0 Å². The number of carbonyl (C=O) groups is 1. The molecule has 2 fully saturated rings. The Morgan fingerprint density at radius 2 is 1.73 bits per heavy atom. The zero-order chi connectivity index (χ0) is 22.5. The topological polar surface area (TPSA) is 86.7 Å². The fourth-order valence-electron chi connectivity index (χ4n) is 4.15. The number of thiazole rings is 1. The molecule has 5 rings (SSSR count). The maximum Gasteiger partial charge on any atom is 0.242 e. The molecule has 1 aromatic carbocycles. The van der Waals surface area contributed by atoms with Gasteiger partial charge in [-0.3, -0.25) is 4.79 Å². The number of anilines is 3. The Balaban J connectivity index is 1.22. The van der Waals surface area contributed by atoms with Crippen LogP contribution in [0.4, 0.5) is 16.8 Å². The minimum atomic E-state index is 0.102. The van der Waals surface area contributed by atoms with Crippen LogP contribution >= 0.6 is 11.3 Å². The van der Waals surface area contributed by atoms with Crippen molar-refractivity contribution >= 4 is 34.0 Å². The van der Waals surface area contributed by atoms with Gasteiger partial charge in [0.25, 0.3) is 0 Å². The van der Waals surface area contributed by atoms with Crippen LogP contribution in [-0.4, -0.2) is 84.8 Å². The lowest BCUT2D eigenvalue weighted by Crippen LogP contribution is -2.50. The van der Waals surface area contributed by atoms with E-state index in [0.717, 1.165) is 54.1 Å². The number of hydrogen-bond donors (Lipinski definition) is 1. The number of amides is 1. The van der Waals surface area contributed by atoms with Crippen molar-refractivity contribution in [2.24, 2.45) is 0 Å². The maximum atomic E-state index is 12.6. The van der Waals surface area contributed by atoms with Crippen molar-refractivity contribution in [1.82, 2.24) is 19.9 Å². The minimum Gasteiger partial charge on any atom is -0.378 e. The largest absolute Gasteiger partial charge is 0.378 e. The lowest BCUT2D eigenvalue weighted by atomic mass is 10.1. The molecule has 0 atom stereocenters. The number of benzene rings is 1. The molecule has 33 heavy (non-hydrogen) atoms. The summed E-state index contributed by atoms with van der Waals surface area (Å²) in [5.74, 6) is 0.850. The first-order chi connectivity index (χ1) is 16.3. The molecule has 4 heterocycles. The van der Waals surface area contributed by atoms with E-state index < -0.39 is 0 Å². The van der Waals surface area contributed by atoms with E-state index in [1.807, 2.05) is 28.7 Å². The van der Waals surface area contributed by atoms with Gasteiger partial charge in [0.15, 0.2) is 5.13 Å². The highest BCUT2D eigenvalue weighted by Crippen LogP contribution is 2.31. The zero-order valence-electron chi connectivity index (χ0n) is 18.4. The molecule has 0 bridgehead atoms. The molecule has 0 radical (unpaired) electrons. The van der Waals surface area contributed by atoms with Crippen LogP contribution in [0.3, 0.4) is 0 Å². The number of para-hydroxylation sites is 1. The first kappa shape index (κ1) is 21.6. The number of rotatable bonds is 6. The summed E-state index contributed by atoms with van der Waals surface area (Å²) in [6, 6.07) is 8.33. The molecule has 0 unspecified atom stereocenters. The quantitative estimate of drug-likeness (QED) is 0.593. The van der Waals surface area contributed by atoms with E-state index in [0.29, 0.717) is 26.3 Å². The van der Waals surface area contributed by atoms with Gasteiger partial charge in [-0.25, -0.2) is 15.0 Å². The molecule has 2 aliphatic heterocycles. The van der Waals surface area contributed by atoms with Crippen LogP contribution in [0.15, 0.2) is 48.2 Å². The minimum absolute atomic E-state index is 0.102. The van der Waals surface area contributed by atoms with Crippen molar-refractivity contribution in [1.29, 1.82) is 0 Å². The number of ether oxygens (including phenoxy) is 1. The van der Waals surface area contributed by atoms with E-state index in [9.17, 15) is 4.79 Å². The summed E-state index contributed by atoms with van der Waals surface area (Å²) in [6.07, 6.45) is 5.54. The number of aromatic nitrogens is 3. The van der Waals surface area contributed by atoms with Crippen LogP contribution in [0.5, 0.6) is 0 Å². The fourth-order valence-corrected chi connectivity index (χ4v) is 4.68. The second-order valence-electron chi connectivity index (χ2n) is 7.95. The average Bonchev–Trinajstić information content (AvgIpc) is 3.42. The molecule has 10 heteroatoms. The van der Waals surface area contributed by atoms with Crippen LogP contribution < -0.4 is 15.1 Å². The van der Waals surface area contributed by atoms with Crippen LogP contribution in [-0.2, 0) is 9.53 Å². The van der Waals surface area contributed by atoms with Crippen molar-refractivity contribution in [3.05, 3.63) is 48.2 Å². The van der Waals surface area contributed by atoms with Gasteiger partial charge >= 0.3 is 0 Å². The van der Waals surface area contributed by atoms with E-state index >= 15 is 0 Å². The molecule has 0 aliphatic carbocycles. The summed E-state index contributed by atoms with van der Waals surface area (Å²) < 4.78 is 5.42. The van der Waals surface area contributed by atoms with Gasteiger partial charge in [-0.15, -0.1) is 11.3 Å². The first-order valence-corrected chi connectivity index (χ1v) is 12.1. The second-order valence-corrected chi connectivity index (χ2v) is 8.84. The molecule has 2 saturated heterocycles. The number of piperazine rings is 1. The summed E-state index contributed by atoms with van der Waals surface area (Å²) >= 11 is 1.50. The normalized spacial score (nSPS) is 16.7. The lowest BCUT2D eigenvalue weighted by Gasteiger charge is -2.37. The highest BCUT2D eigenvalue weighted by molar-refractivity contribution is 7.13. The summed E-state index contributed by atoms with van der Waals surface area (Å²) in [6.45, 7) is 6.29. The van der Waals surface area contributed by atoms with E-state index in [4.69, 9.17) is 4.74 Å². The number of hydrogen-bond acceptors (Lipinski definition) is 9. The Morgan fingerprint density at radius 1 is 0.970 bits per heavy atom. The number of nitrogens with one attached hydrogen (secondary N) is 1. The molecule has 1 N–H and O–H groups in total. The van der Waals surface area contributed by atoms with E-state index in [2.05, 4.69) is 48.3 Å². The monoisotopic (exact) mass is 465 g/mol. The Kier molecular flexibility index (Phi) is 6.63. The van der Waals surface area contributed by atoms with Crippen LogP contribution in [0, 0.1) is 0 Å². The summed E-state index contributed by atoms with van der Waals surface area (Å²) in [5.41, 5.74) is 3.25. The standard InChI is InChI=1S/C23H27N7O2S/c31-21(17-27-23-24-5-14-33-23)29-8-6-28(7-9-29)20-4-2-1-3-19(20)18-15-25-22(26-16-18)30-10-12-32-13-11-30/h1-5,14-16H,6-13,17H2,(H,24,27). The van der Waals surface area contributed by atoms with Crippen LogP contribution in [0.2, 0.25) is 0 Å². The third-order valence-electron chi connectivity index (χ3n) is 5.94. The van der Waals surface area contributed by atoms with E-state index in [1.54, 1.807) is 6.20 Å². The predicted octanol–water partition coefficient (Wildman–Crippen LogP) is 2.20. The van der Waals surface area contributed by atoms with E-state index in [-0.39, 0.29) is 12.5 Å². The Hall–Kier alpha value is -3.24. The third kappa shape index (κ3) is 5.07. The number of morpholine rings is 1. The highest BCUT2D eigenvalue weighted by Gasteiger charge is 2.23. The molecule has 0 saturated carbocycles. The Bertz CT molecular complexity index is 1050. The summed E-state index contributed by atoms with van der Waals surface area (Å²) in [5, 5.41) is 5.77. The third-order valence-corrected chi connectivity index (χ3v) is 6.67. The van der Waals surface area contributed by atoms with Gasteiger partial charge in [-0.05, 0) is 6.07 Å². The summed E-state index contributed by atoms with van der Waals surface area (Å²) in [4.78, 5) is 32.4. The molecule has 2 aliphatic rings. The molecule has 0 spiro atoms. The second kappa shape index (κ2) is 10.1. The maximum absolute atomic E-state index is 12.6. The first-order valence-electron chi connectivity index (χ1n) is 11.2. The van der Waals surface area contributed by atoms with Gasteiger partial charge in [0.1, 0.15) is 0 Å². The van der Waals surface area contributed by atoms with Crippen molar-refractivity contribution in [2.45, 2.75) is 0 Å².